The van der Waals surface area contributed by atoms with Gasteiger partial charge >= 0.3 is 0 Å². The molecule has 2 aromatic carbocycles. The highest BCUT2D eigenvalue weighted by Crippen LogP contribution is 2.35. The Balaban J connectivity index is 1.84. The molecule has 25 heavy (non-hydrogen) atoms. The van der Waals surface area contributed by atoms with Crippen LogP contribution in [0.2, 0.25) is 0 Å². The maximum Gasteiger partial charge on any atom is 0.213 e. The van der Waals surface area contributed by atoms with Crippen LogP contribution in [-0.2, 0) is 0 Å². The minimum absolute atomic E-state index is 0.687. The lowest BCUT2D eigenvalue weighted by Crippen LogP contribution is -1.92. The van der Waals surface area contributed by atoms with Crippen LogP contribution in [0.4, 0.5) is 0 Å². The molecule has 0 aliphatic carbocycles. The van der Waals surface area contributed by atoms with Gasteiger partial charge in [0.05, 0.1) is 25.6 Å². The summed E-state index contributed by atoms with van der Waals surface area (Å²) in [5, 5.41) is 5.68. The van der Waals surface area contributed by atoms with Gasteiger partial charge in [-0.3, -0.25) is 0 Å². The van der Waals surface area contributed by atoms with E-state index in [4.69, 9.17) is 14.6 Å². The van der Waals surface area contributed by atoms with Crippen molar-refractivity contribution in [3.8, 4) is 33.3 Å². The highest BCUT2D eigenvalue weighted by molar-refractivity contribution is 7.19. The summed E-state index contributed by atoms with van der Waals surface area (Å²) in [5.41, 5.74) is 4.09. The summed E-state index contributed by atoms with van der Waals surface area (Å²) in [6.45, 7) is 2.01. The summed E-state index contributed by atoms with van der Waals surface area (Å²) in [7, 11) is 3.26. The van der Waals surface area contributed by atoms with Gasteiger partial charge in [0.2, 0.25) is 4.96 Å². The first-order chi connectivity index (χ1) is 12.2. The normalized spacial score (nSPS) is 11.0. The van der Waals surface area contributed by atoms with Crippen molar-refractivity contribution in [2.24, 2.45) is 0 Å². The van der Waals surface area contributed by atoms with Crippen molar-refractivity contribution in [2.75, 3.05) is 14.2 Å². The number of methoxy groups -OCH3 is 2. The molecule has 4 rings (SSSR count). The molecule has 2 heterocycles. The molecule has 6 heteroatoms. The maximum atomic E-state index is 5.40. The molecule has 0 saturated carbocycles. The van der Waals surface area contributed by atoms with Gasteiger partial charge in [0.15, 0.2) is 11.5 Å². The second-order valence-corrected chi connectivity index (χ2v) is 6.54. The standard InChI is InChI=1S/C19H17N3O2S/c1-12-17(13-7-5-4-6-8-13)22-19(20-12)25-18(21-22)14-9-10-15(23-2)16(11-14)24-3/h4-11H,1-3H3. The van der Waals surface area contributed by atoms with Gasteiger partial charge in [0.25, 0.3) is 0 Å². The number of hydrogen-bond acceptors (Lipinski definition) is 5. The van der Waals surface area contributed by atoms with E-state index in [1.165, 1.54) is 0 Å². The number of ether oxygens (including phenoxy) is 2. The molecule has 0 atom stereocenters. The van der Waals surface area contributed by atoms with Crippen LogP contribution >= 0.6 is 11.3 Å². The van der Waals surface area contributed by atoms with E-state index in [1.54, 1.807) is 25.6 Å². The fourth-order valence-corrected chi connectivity index (χ4v) is 3.80. The molecule has 4 aromatic rings. The van der Waals surface area contributed by atoms with Crippen molar-refractivity contribution < 1.29 is 9.47 Å². The molecule has 0 radical (unpaired) electrons. The van der Waals surface area contributed by atoms with Crippen molar-refractivity contribution in [1.82, 2.24) is 14.6 Å². The lowest BCUT2D eigenvalue weighted by molar-refractivity contribution is 0.355. The minimum atomic E-state index is 0.687. The lowest BCUT2D eigenvalue weighted by atomic mass is 10.1. The van der Waals surface area contributed by atoms with Crippen LogP contribution in [0.1, 0.15) is 5.69 Å². The Bertz CT molecular complexity index is 1040. The van der Waals surface area contributed by atoms with Crippen molar-refractivity contribution in [3.05, 3.63) is 54.2 Å². The van der Waals surface area contributed by atoms with Crippen LogP contribution in [0.25, 0.3) is 26.8 Å². The second-order valence-electron chi connectivity index (χ2n) is 5.58. The number of fused-ring (bicyclic) bond motifs is 1. The van der Waals surface area contributed by atoms with E-state index in [2.05, 4.69) is 17.1 Å². The third-order valence-electron chi connectivity index (χ3n) is 4.06. The van der Waals surface area contributed by atoms with Crippen LogP contribution in [0.5, 0.6) is 11.5 Å². The predicted octanol–water partition coefficient (Wildman–Crippen LogP) is 4.45. The van der Waals surface area contributed by atoms with Gasteiger partial charge in [-0.15, -0.1) is 0 Å². The van der Waals surface area contributed by atoms with Gasteiger partial charge in [0.1, 0.15) is 5.01 Å². The Morgan fingerprint density at radius 3 is 2.40 bits per heavy atom. The number of benzene rings is 2. The average molecular weight is 351 g/mol. The minimum Gasteiger partial charge on any atom is -0.493 e. The van der Waals surface area contributed by atoms with E-state index in [1.807, 2.05) is 47.8 Å². The summed E-state index contributed by atoms with van der Waals surface area (Å²) in [5.74, 6) is 1.39. The number of imidazole rings is 1. The Hall–Kier alpha value is -2.86. The summed E-state index contributed by atoms with van der Waals surface area (Å²) in [4.78, 5) is 5.55. The van der Waals surface area contributed by atoms with Crippen molar-refractivity contribution in [1.29, 1.82) is 0 Å². The largest absolute Gasteiger partial charge is 0.493 e. The van der Waals surface area contributed by atoms with E-state index in [0.717, 1.165) is 32.5 Å². The molecule has 0 amide bonds. The van der Waals surface area contributed by atoms with Crippen LogP contribution in [0.15, 0.2) is 48.5 Å². The molecule has 0 unspecified atom stereocenters. The highest BCUT2D eigenvalue weighted by atomic mass is 32.1. The van der Waals surface area contributed by atoms with Crippen molar-refractivity contribution in [3.63, 3.8) is 0 Å². The first-order valence-corrected chi connectivity index (χ1v) is 8.67. The monoisotopic (exact) mass is 351 g/mol. The Labute approximate surface area is 149 Å². The third-order valence-corrected chi connectivity index (χ3v) is 5.01. The van der Waals surface area contributed by atoms with Gasteiger partial charge in [0, 0.05) is 11.1 Å². The second kappa shape index (κ2) is 6.22. The zero-order valence-corrected chi connectivity index (χ0v) is 15.0. The van der Waals surface area contributed by atoms with Gasteiger partial charge < -0.3 is 9.47 Å². The summed E-state index contributed by atoms with van der Waals surface area (Å²) < 4.78 is 12.6. The van der Waals surface area contributed by atoms with Crippen LogP contribution in [0.3, 0.4) is 0 Å². The summed E-state index contributed by atoms with van der Waals surface area (Å²) in [6, 6.07) is 16.0. The fourth-order valence-electron chi connectivity index (χ4n) is 2.86. The zero-order chi connectivity index (χ0) is 17.4. The predicted molar refractivity (Wildman–Crippen MR) is 99.6 cm³/mol. The van der Waals surface area contributed by atoms with E-state index in [9.17, 15) is 0 Å². The highest BCUT2D eigenvalue weighted by Gasteiger charge is 2.17. The molecular formula is C19H17N3O2S. The van der Waals surface area contributed by atoms with Crippen LogP contribution in [-0.4, -0.2) is 28.8 Å². The van der Waals surface area contributed by atoms with Crippen LogP contribution < -0.4 is 9.47 Å². The van der Waals surface area contributed by atoms with E-state index < -0.39 is 0 Å². The Morgan fingerprint density at radius 1 is 0.920 bits per heavy atom. The van der Waals surface area contributed by atoms with Crippen molar-refractivity contribution >= 4 is 16.3 Å². The van der Waals surface area contributed by atoms with Gasteiger partial charge in [-0.05, 0) is 25.1 Å². The first kappa shape index (κ1) is 15.7. The molecule has 0 spiro atoms. The fraction of sp³-hybridized carbons (Fsp3) is 0.158. The molecule has 0 aliphatic rings. The van der Waals surface area contributed by atoms with E-state index in [-0.39, 0.29) is 0 Å². The maximum absolute atomic E-state index is 5.40. The number of rotatable bonds is 4. The third kappa shape index (κ3) is 2.64. The molecule has 0 N–H and O–H groups in total. The average Bonchev–Trinajstić information content (AvgIpc) is 3.18. The van der Waals surface area contributed by atoms with Gasteiger partial charge in [-0.2, -0.15) is 5.10 Å². The Kier molecular flexibility index (Phi) is 3.89. The smallest absolute Gasteiger partial charge is 0.213 e. The topological polar surface area (TPSA) is 48.7 Å². The number of aromatic nitrogens is 3. The van der Waals surface area contributed by atoms with E-state index >= 15 is 0 Å². The first-order valence-electron chi connectivity index (χ1n) is 7.85. The van der Waals surface area contributed by atoms with Crippen LogP contribution in [0, 0.1) is 6.92 Å². The zero-order valence-electron chi connectivity index (χ0n) is 14.2. The van der Waals surface area contributed by atoms with Gasteiger partial charge in [-0.1, -0.05) is 41.7 Å². The molecule has 0 saturated heterocycles. The lowest BCUT2D eigenvalue weighted by Gasteiger charge is -2.08. The molecule has 0 fully saturated rings. The number of nitrogens with zero attached hydrogens (tertiary/aromatic N) is 3. The molecular weight excluding hydrogens is 334 g/mol. The number of aryl methyl sites for hydroxylation is 1. The van der Waals surface area contributed by atoms with Gasteiger partial charge in [-0.25, -0.2) is 9.50 Å². The summed E-state index contributed by atoms with van der Waals surface area (Å²) >= 11 is 1.56. The Morgan fingerprint density at radius 2 is 1.68 bits per heavy atom. The molecule has 126 valence electrons. The van der Waals surface area contributed by atoms with E-state index in [0.29, 0.717) is 11.5 Å². The molecule has 5 nitrogen and oxygen atoms in total. The number of hydrogen-bond donors (Lipinski definition) is 0. The summed E-state index contributed by atoms with van der Waals surface area (Å²) in [6.07, 6.45) is 0. The molecule has 0 aliphatic heterocycles. The van der Waals surface area contributed by atoms with Crippen molar-refractivity contribution in [2.45, 2.75) is 6.92 Å². The SMILES string of the molecule is COc1ccc(-c2nn3c(-c4ccccc4)c(C)nc3s2)cc1OC. The molecule has 0 bridgehead atoms. The molecule has 2 aromatic heterocycles. The quantitative estimate of drug-likeness (QED) is 0.545.